The quantitative estimate of drug-likeness (QED) is 0.199. The number of carbonyl (C=O) groups is 1. The molecule has 4 aromatic rings. The van der Waals surface area contributed by atoms with Gasteiger partial charge in [0.25, 0.3) is 0 Å². The average molecular weight is 496 g/mol. The number of epoxide rings is 1. The Morgan fingerprint density at radius 3 is 2.46 bits per heavy atom. The zero-order chi connectivity index (χ0) is 25.3. The molecular weight excluding hydrogens is 466 g/mol. The lowest BCUT2D eigenvalue weighted by Gasteiger charge is -2.12. The lowest BCUT2D eigenvalue weighted by Crippen LogP contribution is -2.21. The fourth-order valence-corrected chi connectivity index (χ4v) is 5.57. The second kappa shape index (κ2) is 9.52. The Morgan fingerprint density at radius 2 is 1.70 bits per heavy atom. The van der Waals surface area contributed by atoms with Gasteiger partial charge in [-0.25, -0.2) is 9.78 Å². The topological polar surface area (TPSA) is 74.1 Å². The summed E-state index contributed by atoms with van der Waals surface area (Å²) < 4.78 is 23.7. The van der Waals surface area contributed by atoms with Crippen molar-refractivity contribution in [2.45, 2.75) is 43.8 Å². The Morgan fingerprint density at radius 1 is 0.946 bits per heavy atom. The number of ether oxygens (including phenoxy) is 3. The van der Waals surface area contributed by atoms with E-state index in [0.29, 0.717) is 24.7 Å². The van der Waals surface area contributed by atoms with Crippen LogP contribution in [0.15, 0.2) is 89.3 Å². The Bertz CT molecular complexity index is 1340. The van der Waals surface area contributed by atoms with Crippen LogP contribution in [-0.2, 0) is 26.3 Å². The second-order valence-corrected chi connectivity index (χ2v) is 9.62. The third-order valence-corrected chi connectivity index (χ3v) is 7.28. The molecule has 1 aliphatic heterocycles. The van der Waals surface area contributed by atoms with E-state index in [0.717, 1.165) is 47.4 Å². The monoisotopic (exact) mass is 495 g/mol. The van der Waals surface area contributed by atoms with E-state index < -0.39 is 5.60 Å². The number of oxazole rings is 1. The highest BCUT2D eigenvalue weighted by Gasteiger charge is 2.75. The highest BCUT2D eigenvalue weighted by molar-refractivity contribution is 5.77. The van der Waals surface area contributed by atoms with Crippen molar-refractivity contribution in [3.05, 3.63) is 96.4 Å². The molecule has 1 saturated heterocycles. The maximum Gasteiger partial charge on any atom is 0.344 e. The van der Waals surface area contributed by atoms with Gasteiger partial charge in [-0.2, -0.15) is 0 Å². The Kier molecular flexibility index (Phi) is 6.05. The highest BCUT2D eigenvalue weighted by atomic mass is 16.6. The van der Waals surface area contributed by atoms with Gasteiger partial charge in [0.1, 0.15) is 17.0 Å². The summed E-state index contributed by atoms with van der Waals surface area (Å²) in [4.78, 5) is 16.7. The van der Waals surface area contributed by atoms with Crippen LogP contribution in [-0.4, -0.2) is 29.8 Å². The van der Waals surface area contributed by atoms with Crippen molar-refractivity contribution in [2.24, 2.45) is 0 Å². The molecule has 3 aromatic carbocycles. The van der Waals surface area contributed by atoms with E-state index in [1.807, 2.05) is 66.7 Å². The molecule has 6 rings (SSSR count). The van der Waals surface area contributed by atoms with Gasteiger partial charge in [0.2, 0.25) is 5.89 Å². The van der Waals surface area contributed by atoms with Crippen molar-refractivity contribution >= 4 is 5.97 Å². The molecule has 37 heavy (non-hydrogen) atoms. The molecule has 1 aliphatic carbocycles. The van der Waals surface area contributed by atoms with Crippen LogP contribution in [0.25, 0.3) is 22.6 Å². The minimum atomic E-state index is -0.536. The number of rotatable bonds is 9. The first-order valence-corrected chi connectivity index (χ1v) is 12.8. The van der Waals surface area contributed by atoms with Gasteiger partial charge in [0.05, 0.1) is 6.61 Å². The van der Waals surface area contributed by atoms with Crippen molar-refractivity contribution in [3.63, 3.8) is 0 Å². The lowest BCUT2D eigenvalue weighted by molar-refractivity contribution is -0.145. The molecule has 0 amide bonds. The summed E-state index contributed by atoms with van der Waals surface area (Å²) in [5.41, 5.74) is 3.03. The predicted octanol–water partition coefficient (Wildman–Crippen LogP) is 6.34. The molecule has 0 bridgehead atoms. The fourth-order valence-electron chi connectivity index (χ4n) is 5.57. The molecule has 1 aromatic heterocycles. The maximum atomic E-state index is 11.7. The molecule has 2 atom stereocenters. The SMILES string of the molecule is CCOC(=O)COc1cccc(CC23CCCC2(c2nc(-c4ccccc4)c(-c4ccccc4)o2)O3)c1. The van der Waals surface area contributed by atoms with Gasteiger partial charge in [0, 0.05) is 17.5 Å². The molecule has 2 heterocycles. The summed E-state index contributed by atoms with van der Waals surface area (Å²) >= 11 is 0. The van der Waals surface area contributed by atoms with Crippen LogP contribution in [0.5, 0.6) is 5.75 Å². The first kappa shape index (κ1) is 23.5. The summed E-state index contributed by atoms with van der Waals surface area (Å²) in [5.74, 6) is 1.68. The van der Waals surface area contributed by atoms with E-state index in [-0.39, 0.29) is 18.2 Å². The van der Waals surface area contributed by atoms with Crippen LogP contribution in [0.4, 0.5) is 0 Å². The molecular formula is C31H29NO5. The fraction of sp³-hybridized carbons (Fsp3) is 0.290. The summed E-state index contributed by atoms with van der Waals surface area (Å²) in [6, 6.07) is 28.1. The summed E-state index contributed by atoms with van der Waals surface area (Å²) in [6.45, 7) is 2.01. The molecule has 6 heteroatoms. The molecule has 188 valence electrons. The second-order valence-electron chi connectivity index (χ2n) is 9.62. The minimum Gasteiger partial charge on any atom is -0.482 e. The molecule has 1 saturated carbocycles. The van der Waals surface area contributed by atoms with Gasteiger partial charge >= 0.3 is 5.97 Å². The third kappa shape index (κ3) is 4.31. The van der Waals surface area contributed by atoms with Crippen molar-refractivity contribution in [3.8, 4) is 28.3 Å². The number of hydrogen-bond acceptors (Lipinski definition) is 6. The van der Waals surface area contributed by atoms with Crippen molar-refractivity contribution in [2.75, 3.05) is 13.2 Å². The van der Waals surface area contributed by atoms with Crippen LogP contribution in [0.1, 0.15) is 37.6 Å². The zero-order valence-electron chi connectivity index (χ0n) is 20.8. The van der Waals surface area contributed by atoms with E-state index in [2.05, 4.69) is 18.2 Å². The van der Waals surface area contributed by atoms with E-state index in [4.69, 9.17) is 23.6 Å². The predicted molar refractivity (Wildman–Crippen MR) is 139 cm³/mol. The number of aromatic nitrogens is 1. The molecule has 2 unspecified atom stereocenters. The van der Waals surface area contributed by atoms with Gasteiger partial charge in [-0.3, -0.25) is 0 Å². The molecule has 0 radical (unpaired) electrons. The average Bonchev–Trinajstić information content (AvgIpc) is 3.21. The smallest absolute Gasteiger partial charge is 0.344 e. The van der Waals surface area contributed by atoms with Gasteiger partial charge in [0.15, 0.2) is 18.0 Å². The van der Waals surface area contributed by atoms with E-state index in [1.165, 1.54) is 0 Å². The van der Waals surface area contributed by atoms with E-state index in [9.17, 15) is 4.79 Å². The number of esters is 1. The van der Waals surface area contributed by atoms with Crippen LogP contribution >= 0.6 is 0 Å². The number of nitrogens with zero attached hydrogens (tertiary/aromatic N) is 1. The highest BCUT2D eigenvalue weighted by Crippen LogP contribution is 2.67. The van der Waals surface area contributed by atoms with Crippen molar-refractivity contribution < 1.29 is 23.4 Å². The van der Waals surface area contributed by atoms with E-state index >= 15 is 0 Å². The molecule has 2 aliphatic rings. The normalized spacial score (nSPS) is 21.9. The van der Waals surface area contributed by atoms with Crippen LogP contribution in [0.3, 0.4) is 0 Å². The molecule has 6 nitrogen and oxygen atoms in total. The third-order valence-electron chi connectivity index (χ3n) is 7.28. The van der Waals surface area contributed by atoms with Crippen LogP contribution in [0.2, 0.25) is 0 Å². The summed E-state index contributed by atoms with van der Waals surface area (Å²) in [7, 11) is 0. The Hall–Kier alpha value is -3.90. The molecule has 0 N–H and O–H groups in total. The van der Waals surface area contributed by atoms with Crippen LogP contribution < -0.4 is 4.74 Å². The molecule has 0 spiro atoms. The standard InChI is InChI=1S/C31H29NO5/c1-2-34-26(33)21-35-25-16-9-11-22(19-25)20-30-17-10-18-31(30,37-30)29-32-27(23-12-5-3-6-13-23)28(36-29)24-14-7-4-8-15-24/h3-9,11-16,19H,2,10,17-18,20-21H2,1H3. The summed E-state index contributed by atoms with van der Waals surface area (Å²) in [6.07, 6.45) is 3.57. The van der Waals surface area contributed by atoms with Crippen LogP contribution in [0, 0.1) is 0 Å². The summed E-state index contributed by atoms with van der Waals surface area (Å²) in [5, 5.41) is 0. The van der Waals surface area contributed by atoms with Gasteiger partial charge in [-0.05, 0) is 43.9 Å². The molecule has 2 fully saturated rings. The van der Waals surface area contributed by atoms with E-state index in [1.54, 1.807) is 6.92 Å². The maximum absolute atomic E-state index is 11.7. The van der Waals surface area contributed by atoms with Gasteiger partial charge < -0.3 is 18.6 Å². The largest absolute Gasteiger partial charge is 0.482 e. The number of fused-ring (bicyclic) bond motifs is 1. The number of hydrogen-bond donors (Lipinski definition) is 0. The van der Waals surface area contributed by atoms with Crippen molar-refractivity contribution in [1.82, 2.24) is 4.98 Å². The van der Waals surface area contributed by atoms with Gasteiger partial charge in [-0.1, -0.05) is 72.8 Å². The van der Waals surface area contributed by atoms with Crippen molar-refractivity contribution in [1.29, 1.82) is 0 Å². The number of benzene rings is 3. The Labute approximate surface area is 216 Å². The lowest BCUT2D eigenvalue weighted by atomic mass is 9.89. The first-order chi connectivity index (χ1) is 18.1. The van der Waals surface area contributed by atoms with Gasteiger partial charge in [-0.15, -0.1) is 0 Å². The minimum absolute atomic E-state index is 0.107. The number of carbonyl (C=O) groups excluding carboxylic acids is 1. The first-order valence-electron chi connectivity index (χ1n) is 12.8. The zero-order valence-corrected chi connectivity index (χ0v) is 20.8. The Balaban J connectivity index is 1.29.